The number of carboxylic acid groups (broad SMARTS) is 1. The summed E-state index contributed by atoms with van der Waals surface area (Å²) < 4.78 is 31.7. The smallest absolute Gasteiger partial charge is 0.475 e. The van der Waals surface area contributed by atoms with Crippen molar-refractivity contribution in [2.75, 3.05) is 0 Å². The van der Waals surface area contributed by atoms with E-state index in [1.807, 2.05) is 25.1 Å². The number of carbonyl (C=O) groups is 2. The fourth-order valence-electron chi connectivity index (χ4n) is 1.36. The highest BCUT2D eigenvalue weighted by Crippen LogP contribution is 2.17. The monoisotopic (exact) mass is 273 g/mol. The molecule has 19 heavy (non-hydrogen) atoms. The number of halogens is 3. The first-order valence-electron chi connectivity index (χ1n) is 5.08. The van der Waals surface area contributed by atoms with Crippen molar-refractivity contribution in [3.8, 4) is 0 Å². The van der Waals surface area contributed by atoms with Gasteiger partial charge in [-0.2, -0.15) is 13.2 Å². The van der Waals surface area contributed by atoms with E-state index >= 15 is 0 Å². The lowest BCUT2D eigenvalue weighted by Gasteiger charge is -1.93. The predicted octanol–water partition coefficient (Wildman–Crippen LogP) is 2.92. The molecule has 1 aromatic carbocycles. The number of aliphatic carboxylic acids is 1. The Bertz CT molecular complexity index is 602. The third kappa shape index (κ3) is 3.84. The Morgan fingerprint density at radius 3 is 2.42 bits per heavy atom. The largest absolute Gasteiger partial charge is 0.490 e. The predicted molar refractivity (Wildman–Crippen MR) is 62.1 cm³/mol. The maximum Gasteiger partial charge on any atom is 0.490 e. The number of carbonyl (C=O) groups excluding carboxylic acids is 1. The highest BCUT2D eigenvalue weighted by molar-refractivity contribution is 5.97. The van der Waals surface area contributed by atoms with Crippen LogP contribution in [0.3, 0.4) is 0 Å². The minimum absolute atomic E-state index is 0.727. The van der Waals surface area contributed by atoms with Crippen molar-refractivity contribution in [1.29, 1.82) is 0 Å². The summed E-state index contributed by atoms with van der Waals surface area (Å²) in [6.45, 7) is 2.03. The van der Waals surface area contributed by atoms with E-state index in [4.69, 9.17) is 9.90 Å². The number of benzene rings is 1. The maximum absolute atomic E-state index is 10.6. The van der Waals surface area contributed by atoms with Gasteiger partial charge in [0.1, 0.15) is 0 Å². The van der Waals surface area contributed by atoms with Crippen LogP contribution in [0.4, 0.5) is 13.2 Å². The highest BCUT2D eigenvalue weighted by Gasteiger charge is 2.38. The second-order valence-corrected chi connectivity index (χ2v) is 3.71. The zero-order valence-electron chi connectivity index (χ0n) is 9.78. The van der Waals surface area contributed by atoms with E-state index in [2.05, 4.69) is 4.98 Å². The van der Waals surface area contributed by atoms with Gasteiger partial charge in [-0.3, -0.25) is 4.79 Å². The first kappa shape index (κ1) is 14.7. The molecular formula is C12H10F3NO3. The van der Waals surface area contributed by atoms with Crippen LogP contribution in [0, 0.1) is 6.92 Å². The molecule has 1 aromatic heterocycles. The van der Waals surface area contributed by atoms with Gasteiger partial charge in [-0.15, -0.1) is 0 Å². The van der Waals surface area contributed by atoms with Gasteiger partial charge in [0.25, 0.3) is 0 Å². The van der Waals surface area contributed by atoms with E-state index in [1.54, 1.807) is 6.20 Å². The number of rotatable bonds is 1. The maximum atomic E-state index is 10.6. The van der Waals surface area contributed by atoms with E-state index in [0.717, 1.165) is 22.8 Å². The van der Waals surface area contributed by atoms with Crippen molar-refractivity contribution in [2.45, 2.75) is 13.1 Å². The Hall–Kier alpha value is -2.31. The summed E-state index contributed by atoms with van der Waals surface area (Å²) in [5.74, 6) is -2.76. The SMILES string of the molecule is Cc1ccc2c(C=O)c[nH]c2c1.O=C(O)C(F)(F)F. The third-order valence-corrected chi connectivity index (χ3v) is 2.24. The molecule has 7 heteroatoms. The lowest BCUT2D eigenvalue weighted by molar-refractivity contribution is -0.192. The lowest BCUT2D eigenvalue weighted by Crippen LogP contribution is -2.21. The summed E-state index contributed by atoms with van der Waals surface area (Å²) in [5.41, 5.74) is 2.95. The van der Waals surface area contributed by atoms with E-state index in [0.29, 0.717) is 0 Å². The lowest BCUT2D eigenvalue weighted by atomic mass is 10.1. The Morgan fingerprint density at radius 1 is 1.37 bits per heavy atom. The summed E-state index contributed by atoms with van der Waals surface area (Å²) in [6.07, 6.45) is -2.48. The normalized spacial score (nSPS) is 10.7. The molecule has 0 fully saturated rings. The molecular weight excluding hydrogens is 263 g/mol. The topological polar surface area (TPSA) is 70.2 Å². The molecule has 2 N–H and O–H groups in total. The number of carboxylic acids is 1. The average molecular weight is 273 g/mol. The number of hydrogen-bond acceptors (Lipinski definition) is 2. The van der Waals surface area contributed by atoms with Gasteiger partial charge < -0.3 is 10.1 Å². The van der Waals surface area contributed by atoms with Gasteiger partial charge in [-0.1, -0.05) is 12.1 Å². The van der Waals surface area contributed by atoms with Crippen molar-refractivity contribution < 1.29 is 27.9 Å². The number of nitrogens with one attached hydrogen (secondary N) is 1. The standard InChI is InChI=1S/C10H9NO.C2HF3O2/c1-7-2-3-9-8(6-12)5-11-10(9)4-7;3-2(4,5)1(6)7/h2-6,11H,1H3;(H,6,7). The van der Waals surface area contributed by atoms with Crippen LogP contribution in [0.2, 0.25) is 0 Å². The van der Waals surface area contributed by atoms with Gasteiger partial charge in [-0.05, 0) is 18.6 Å². The van der Waals surface area contributed by atoms with Crippen molar-refractivity contribution in [2.24, 2.45) is 0 Å². The molecule has 2 aromatic rings. The van der Waals surface area contributed by atoms with E-state index in [9.17, 15) is 18.0 Å². The van der Waals surface area contributed by atoms with Crippen molar-refractivity contribution in [1.82, 2.24) is 4.98 Å². The first-order chi connectivity index (χ1) is 8.75. The number of alkyl halides is 3. The molecule has 2 rings (SSSR count). The zero-order chi connectivity index (χ0) is 14.6. The summed E-state index contributed by atoms with van der Waals surface area (Å²) in [6, 6.07) is 6.00. The number of hydrogen-bond donors (Lipinski definition) is 2. The van der Waals surface area contributed by atoms with Gasteiger partial charge in [0.15, 0.2) is 6.29 Å². The highest BCUT2D eigenvalue weighted by atomic mass is 19.4. The second kappa shape index (κ2) is 5.55. The minimum Gasteiger partial charge on any atom is -0.475 e. The van der Waals surface area contributed by atoms with Crippen LogP contribution in [0.15, 0.2) is 24.4 Å². The summed E-state index contributed by atoms with van der Waals surface area (Å²) >= 11 is 0. The Morgan fingerprint density at radius 2 is 1.95 bits per heavy atom. The minimum atomic E-state index is -5.08. The summed E-state index contributed by atoms with van der Waals surface area (Å²) in [7, 11) is 0. The molecule has 102 valence electrons. The van der Waals surface area contributed by atoms with Crippen molar-refractivity contribution in [3.05, 3.63) is 35.5 Å². The van der Waals surface area contributed by atoms with E-state index < -0.39 is 12.1 Å². The number of aromatic amines is 1. The first-order valence-corrected chi connectivity index (χ1v) is 5.08. The molecule has 0 radical (unpaired) electrons. The Kier molecular flexibility index (Phi) is 4.31. The van der Waals surface area contributed by atoms with Crippen molar-refractivity contribution in [3.63, 3.8) is 0 Å². The van der Waals surface area contributed by atoms with E-state index in [1.165, 1.54) is 5.56 Å². The Balaban J connectivity index is 0.000000224. The molecule has 4 nitrogen and oxygen atoms in total. The summed E-state index contributed by atoms with van der Waals surface area (Å²) in [4.78, 5) is 22.5. The van der Waals surface area contributed by atoms with Crippen LogP contribution in [0.5, 0.6) is 0 Å². The molecule has 0 aliphatic carbocycles. The molecule has 0 spiro atoms. The molecule has 0 bridgehead atoms. The molecule has 0 unspecified atom stereocenters. The van der Waals surface area contributed by atoms with Crippen LogP contribution in [-0.4, -0.2) is 28.5 Å². The molecule has 0 atom stereocenters. The quantitative estimate of drug-likeness (QED) is 0.785. The number of aromatic nitrogens is 1. The number of aryl methyl sites for hydroxylation is 1. The second-order valence-electron chi connectivity index (χ2n) is 3.71. The number of H-pyrrole nitrogens is 1. The van der Waals surface area contributed by atoms with Crippen LogP contribution in [0.1, 0.15) is 15.9 Å². The third-order valence-electron chi connectivity index (χ3n) is 2.24. The molecule has 0 aliphatic heterocycles. The van der Waals surface area contributed by atoms with Gasteiger partial charge >= 0.3 is 12.1 Å². The average Bonchev–Trinajstić information content (AvgIpc) is 2.70. The van der Waals surface area contributed by atoms with E-state index in [-0.39, 0.29) is 0 Å². The fraction of sp³-hybridized carbons (Fsp3) is 0.167. The van der Waals surface area contributed by atoms with Crippen LogP contribution < -0.4 is 0 Å². The van der Waals surface area contributed by atoms with Gasteiger partial charge in [0.2, 0.25) is 0 Å². The molecule has 1 heterocycles. The fourth-order valence-corrected chi connectivity index (χ4v) is 1.36. The molecule has 0 amide bonds. The van der Waals surface area contributed by atoms with Gasteiger partial charge in [-0.25, -0.2) is 4.79 Å². The van der Waals surface area contributed by atoms with Gasteiger partial charge in [0.05, 0.1) is 0 Å². The Labute approximate surface area is 105 Å². The van der Waals surface area contributed by atoms with Crippen LogP contribution in [-0.2, 0) is 4.79 Å². The van der Waals surface area contributed by atoms with Crippen molar-refractivity contribution >= 4 is 23.2 Å². The molecule has 0 saturated heterocycles. The number of aldehydes is 1. The van der Waals surface area contributed by atoms with Crippen LogP contribution in [0.25, 0.3) is 10.9 Å². The number of fused-ring (bicyclic) bond motifs is 1. The van der Waals surface area contributed by atoms with Gasteiger partial charge in [0, 0.05) is 22.7 Å². The van der Waals surface area contributed by atoms with Crippen LogP contribution >= 0.6 is 0 Å². The molecule has 0 aliphatic rings. The molecule has 0 saturated carbocycles. The summed E-state index contributed by atoms with van der Waals surface area (Å²) in [5, 5.41) is 8.12. The zero-order valence-corrected chi connectivity index (χ0v) is 9.78.